The van der Waals surface area contributed by atoms with Crippen molar-refractivity contribution in [3.63, 3.8) is 0 Å². The third kappa shape index (κ3) is 3.23. The van der Waals surface area contributed by atoms with Crippen LogP contribution in [0, 0.1) is 16.0 Å². The molecule has 1 N–H and O–H groups in total. The maximum atomic E-state index is 12.2. The molecule has 6 nitrogen and oxygen atoms in total. The third-order valence-corrected chi connectivity index (χ3v) is 5.13. The van der Waals surface area contributed by atoms with Crippen LogP contribution in [0.25, 0.3) is 0 Å². The lowest BCUT2D eigenvalue weighted by Crippen LogP contribution is -2.34. The van der Waals surface area contributed by atoms with Crippen LogP contribution in [0.1, 0.15) is 19.8 Å². The van der Waals surface area contributed by atoms with Crippen LogP contribution >= 0.6 is 11.6 Å². The first-order valence-corrected chi connectivity index (χ1v) is 7.63. The molecule has 0 aliphatic heterocycles. The van der Waals surface area contributed by atoms with Gasteiger partial charge < -0.3 is 0 Å². The maximum absolute atomic E-state index is 12.2. The molecular weight excluding hydrogens is 292 g/mol. The lowest BCUT2D eigenvalue weighted by atomic mass is 10.2. The Bertz CT molecular complexity index is 613. The highest BCUT2D eigenvalue weighted by Crippen LogP contribution is 2.34. The fourth-order valence-corrected chi connectivity index (χ4v) is 3.64. The predicted octanol–water partition coefficient (Wildman–Crippen LogP) is 2.33. The fourth-order valence-electron chi connectivity index (χ4n) is 1.81. The number of benzene rings is 1. The number of nitro benzene ring substituents is 1. The SMILES string of the molecule is CC(NS(=O)(=O)c1cc([N+](=O)[O-])ccc1Cl)C1CC1. The monoisotopic (exact) mass is 304 g/mol. The Morgan fingerprint density at radius 2 is 2.11 bits per heavy atom. The molecule has 1 aliphatic carbocycles. The molecule has 104 valence electrons. The van der Waals surface area contributed by atoms with Crippen molar-refractivity contribution in [1.29, 1.82) is 0 Å². The first-order valence-electron chi connectivity index (χ1n) is 5.77. The van der Waals surface area contributed by atoms with Crippen molar-refractivity contribution in [2.75, 3.05) is 0 Å². The molecule has 0 saturated heterocycles. The van der Waals surface area contributed by atoms with E-state index < -0.39 is 14.9 Å². The zero-order valence-electron chi connectivity index (χ0n) is 10.2. The van der Waals surface area contributed by atoms with E-state index in [2.05, 4.69) is 4.72 Å². The van der Waals surface area contributed by atoms with Crippen molar-refractivity contribution < 1.29 is 13.3 Å². The molecule has 1 aromatic rings. The average molecular weight is 305 g/mol. The number of halogens is 1. The van der Waals surface area contributed by atoms with Gasteiger partial charge in [0.05, 0.1) is 9.95 Å². The van der Waals surface area contributed by atoms with Crippen LogP contribution in [0.15, 0.2) is 23.1 Å². The Morgan fingerprint density at radius 3 is 2.63 bits per heavy atom. The highest BCUT2D eigenvalue weighted by atomic mass is 35.5. The van der Waals surface area contributed by atoms with Gasteiger partial charge in [0.25, 0.3) is 5.69 Å². The van der Waals surface area contributed by atoms with Gasteiger partial charge in [0, 0.05) is 18.2 Å². The van der Waals surface area contributed by atoms with Crippen LogP contribution in [-0.2, 0) is 10.0 Å². The summed E-state index contributed by atoms with van der Waals surface area (Å²) in [5, 5.41) is 10.7. The van der Waals surface area contributed by atoms with Gasteiger partial charge in [0.2, 0.25) is 10.0 Å². The van der Waals surface area contributed by atoms with Gasteiger partial charge in [-0.15, -0.1) is 0 Å². The Hall–Kier alpha value is -1.18. The molecular formula is C11H13ClN2O4S. The highest BCUT2D eigenvalue weighted by Gasteiger charge is 2.32. The number of nitrogens with zero attached hydrogens (tertiary/aromatic N) is 1. The number of rotatable bonds is 5. The van der Waals surface area contributed by atoms with Crippen LogP contribution in [-0.4, -0.2) is 19.4 Å². The lowest BCUT2D eigenvalue weighted by molar-refractivity contribution is -0.385. The van der Waals surface area contributed by atoms with Crippen LogP contribution in [0.5, 0.6) is 0 Å². The average Bonchev–Trinajstić information content (AvgIpc) is 3.11. The minimum Gasteiger partial charge on any atom is -0.258 e. The molecule has 1 unspecified atom stereocenters. The van der Waals surface area contributed by atoms with E-state index in [9.17, 15) is 18.5 Å². The van der Waals surface area contributed by atoms with Gasteiger partial charge in [0.1, 0.15) is 4.90 Å². The van der Waals surface area contributed by atoms with Crippen LogP contribution in [0.2, 0.25) is 5.02 Å². The van der Waals surface area contributed by atoms with E-state index in [0.29, 0.717) is 5.92 Å². The van der Waals surface area contributed by atoms with E-state index in [1.165, 1.54) is 12.1 Å². The molecule has 0 aromatic heterocycles. The molecule has 1 atom stereocenters. The largest absolute Gasteiger partial charge is 0.270 e. The van der Waals surface area contributed by atoms with E-state index in [4.69, 9.17) is 11.6 Å². The Kier molecular flexibility index (Phi) is 3.80. The Morgan fingerprint density at radius 1 is 1.47 bits per heavy atom. The van der Waals surface area contributed by atoms with E-state index in [-0.39, 0.29) is 21.6 Å². The molecule has 1 aliphatic rings. The molecule has 0 spiro atoms. The molecule has 0 radical (unpaired) electrons. The van der Waals surface area contributed by atoms with Crippen molar-refractivity contribution >= 4 is 27.3 Å². The van der Waals surface area contributed by atoms with Crippen molar-refractivity contribution in [1.82, 2.24) is 4.72 Å². The van der Waals surface area contributed by atoms with Crippen LogP contribution < -0.4 is 4.72 Å². The second-order valence-electron chi connectivity index (χ2n) is 4.62. The molecule has 1 aromatic carbocycles. The van der Waals surface area contributed by atoms with Crippen molar-refractivity contribution in [3.05, 3.63) is 33.3 Å². The summed E-state index contributed by atoms with van der Waals surface area (Å²) in [6.45, 7) is 1.78. The first-order chi connectivity index (χ1) is 8.81. The molecule has 0 heterocycles. The van der Waals surface area contributed by atoms with Gasteiger partial charge in [-0.05, 0) is 31.7 Å². The van der Waals surface area contributed by atoms with E-state index in [0.717, 1.165) is 18.9 Å². The molecule has 1 fully saturated rings. The summed E-state index contributed by atoms with van der Waals surface area (Å²) in [5.41, 5.74) is -0.302. The Balaban J connectivity index is 2.33. The molecule has 0 amide bonds. The van der Waals surface area contributed by atoms with Crippen molar-refractivity contribution in [3.8, 4) is 0 Å². The quantitative estimate of drug-likeness (QED) is 0.668. The minimum atomic E-state index is -3.84. The highest BCUT2D eigenvalue weighted by molar-refractivity contribution is 7.89. The van der Waals surface area contributed by atoms with E-state index in [1.54, 1.807) is 6.92 Å². The van der Waals surface area contributed by atoms with Gasteiger partial charge in [-0.25, -0.2) is 13.1 Å². The predicted molar refractivity (Wildman–Crippen MR) is 70.6 cm³/mol. The molecule has 1 saturated carbocycles. The number of non-ortho nitro benzene ring substituents is 1. The normalized spacial score (nSPS) is 17.2. The number of hydrogen-bond donors (Lipinski definition) is 1. The molecule has 0 bridgehead atoms. The summed E-state index contributed by atoms with van der Waals surface area (Å²) in [4.78, 5) is 9.77. The summed E-state index contributed by atoms with van der Waals surface area (Å²) in [6.07, 6.45) is 1.98. The number of sulfonamides is 1. The van der Waals surface area contributed by atoms with Gasteiger partial charge in [-0.1, -0.05) is 11.6 Å². The summed E-state index contributed by atoms with van der Waals surface area (Å²) in [5.74, 6) is 0.340. The number of hydrogen-bond acceptors (Lipinski definition) is 4. The third-order valence-electron chi connectivity index (χ3n) is 3.09. The van der Waals surface area contributed by atoms with Crippen LogP contribution in [0.4, 0.5) is 5.69 Å². The smallest absolute Gasteiger partial charge is 0.258 e. The summed E-state index contributed by atoms with van der Waals surface area (Å²) >= 11 is 5.82. The van der Waals surface area contributed by atoms with Gasteiger partial charge >= 0.3 is 0 Å². The molecule has 8 heteroatoms. The van der Waals surface area contributed by atoms with Crippen LogP contribution in [0.3, 0.4) is 0 Å². The van der Waals surface area contributed by atoms with Gasteiger partial charge in [-0.2, -0.15) is 0 Å². The number of nitro groups is 1. The maximum Gasteiger partial charge on any atom is 0.270 e. The summed E-state index contributed by atoms with van der Waals surface area (Å²) in [7, 11) is -3.84. The Labute approximate surface area is 116 Å². The van der Waals surface area contributed by atoms with E-state index in [1.807, 2.05) is 0 Å². The zero-order chi connectivity index (χ0) is 14.2. The minimum absolute atomic E-state index is 0.0268. The topological polar surface area (TPSA) is 89.3 Å². The summed E-state index contributed by atoms with van der Waals surface area (Å²) < 4.78 is 26.8. The second kappa shape index (κ2) is 5.07. The first kappa shape index (κ1) is 14.2. The molecule has 19 heavy (non-hydrogen) atoms. The zero-order valence-corrected chi connectivity index (χ0v) is 11.7. The van der Waals surface area contributed by atoms with Crippen molar-refractivity contribution in [2.45, 2.75) is 30.7 Å². The van der Waals surface area contributed by atoms with E-state index >= 15 is 0 Å². The lowest BCUT2D eigenvalue weighted by Gasteiger charge is -2.13. The standard InChI is InChI=1S/C11H13ClN2O4S/c1-7(8-2-3-8)13-19(17,18)11-6-9(14(15)16)4-5-10(11)12/h4-8,13H,2-3H2,1H3. The van der Waals surface area contributed by atoms with Gasteiger partial charge in [0.15, 0.2) is 0 Å². The summed E-state index contributed by atoms with van der Waals surface area (Å²) in [6, 6.07) is 3.17. The number of nitrogens with one attached hydrogen (secondary N) is 1. The second-order valence-corrected chi connectivity index (χ2v) is 6.71. The van der Waals surface area contributed by atoms with Crippen molar-refractivity contribution in [2.24, 2.45) is 5.92 Å². The fraction of sp³-hybridized carbons (Fsp3) is 0.455. The molecule has 2 rings (SSSR count). The van der Waals surface area contributed by atoms with Gasteiger partial charge in [-0.3, -0.25) is 10.1 Å².